The average Bonchev–Trinajstić information content (AvgIpc) is 3.40. The number of aryl methyl sites for hydroxylation is 2. The van der Waals surface area contributed by atoms with Gasteiger partial charge in [0.05, 0.1) is 0 Å². The van der Waals surface area contributed by atoms with Gasteiger partial charge in [-0.1, -0.05) is 6.07 Å². The molecule has 0 saturated carbocycles. The Morgan fingerprint density at radius 1 is 0.941 bits per heavy atom. The molecule has 0 aliphatic heterocycles. The first-order valence-corrected chi connectivity index (χ1v) is 11.0. The third-order valence-electron chi connectivity index (χ3n) is 6.31. The number of carbonyl (C=O) groups is 1. The molecule has 0 atom stereocenters. The SMILES string of the molecule is Cc1cc(N)nc(C)c1CNC(=O)c1ccc2c(c1)c1oc2c2cc(-c3ncccn3)ccc21. The average molecular weight is 447 g/mol. The first kappa shape index (κ1) is 20.1. The third-order valence-corrected chi connectivity index (χ3v) is 6.31. The first-order valence-electron chi connectivity index (χ1n) is 11.0. The van der Waals surface area contributed by atoms with Crippen molar-refractivity contribution in [3.05, 3.63) is 83.3 Å². The van der Waals surface area contributed by atoms with Gasteiger partial charge >= 0.3 is 0 Å². The molecule has 3 N–H and O–H groups in total. The van der Waals surface area contributed by atoms with E-state index >= 15 is 0 Å². The molecule has 0 aliphatic rings. The van der Waals surface area contributed by atoms with E-state index in [4.69, 9.17) is 10.2 Å². The van der Waals surface area contributed by atoms with Crippen molar-refractivity contribution >= 4 is 44.4 Å². The predicted molar refractivity (Wildman–Crippen MR) is 133 cm³/mol. The van der Waals surface area contributed by atoms with Crippen LogP contribution in [0.3, 0.4) is 0 Å². The first-order chi connectivity index (χ1) is 16.5. The van der Waals surface area contributed by atoms with E-state index in [-0.39, 0.29) is 5.91 Å². The summed E-state index contributed by atoms with van der Waals surface area (Å²) in [5.74, 6) is 1.01. The van der Waals surface area contributed by atoms with Gasteiger partial charge < -0.3 is 15.5 Å². The number of rotatable bonds is 4. The molecule has 1 amide bonds. The molecule has 0 unspecified atom stereocenters. The number of nitrogens with zero attached hydrogens (tertiary/aromatic N) is 3. The number of carbonyl (C=O) groups excluding carboxylic acids is 1. The van der Waals surface area contributed by atoms with Crippen LogP contribution in [0.4, 0.5) is 5.82 Å². The van der Waals surface area contributed by atoms with Crippen LogP contribution < -0.4 is 11.1 Å². The number of pyridine rings is 1. The van der Waals surface area contributed by atoms with Crippen LogP contribution in [0, 0.1) is 13.8 Å². The Labute approximate surface area is 195 Å². The molecule has 6 aromatic rings. The van der Waals surface area contributed by atoms with Gasteiger partial charge in [0.25, 0.3) is 5.91 Å². The molecule has 0 aliphatic carbocycles. The highest BCUT2D eigenvalue weighted by atomic mass is 16.3. The number of hydrogen-bond donors (Lipinski definition) is 2. The number of fused-ring (bicyclic) bond motifs is 8. The topological polar surface area (TPSA) is 107 Å². The van der Waals surface area contributed by atoms with Crippen molar-refractivity contribution in [2.75, 3.05) is 5.73 Å². The largest absolute Gasteiger partial charge is 0.455 e. The molecule has 7 nitrogen and oxygen atoms in total. The molecule has 4 aromatic heterocycles. The minimum atomic E-state index is -0.149. The highest BCUT2D eigenvalue weighted by Gasteiger charge is 2.20. The lowest BCUT2D eigenvalue weighted by atomic mass is 9.99. The zero-order valence-corrected chi connectivity index (χ0v) is 18.7. The molecule has 0 radical (unpaired) electrons. The molecule has 0 spiro atoms. The summed E-state index contributed by atoms with van der Waals surface area (Å²) in [5, 5.41) is 6.96. The summed E-state index contributed by atoms with van der Waals surface area (Å²) in [4.78, 5) is 25.9. The fourth-order valence-corrected chi connectivity index (χ4v) is 4.63. The van der Waals surface area contributed by atoms with Gasteiger partial charge in [-0.3, -0.25) is 4.79 Å². The highest BCUT2D eigenvalue weighted by molar-refractivity contribution is 6.26. The van der Waals surface area contributed by atoms with Crippen molar-refractivity contribution in [1.29, 1.82) is 0 Å². The van der Waals surface area contributed by atoms with E-state index in [0.29, 0.717) is 23.8 Å². The van der Waals surface area contributed by atoms with Crippen LogP contribution in [0.2, 0.25) is 0 Å². The third kappa shape index (κ3) is 3.13. The number of furan rings is 2. The predicted octanol–water partition coefficient (Wildman–Crippen LogP) is 5.16. The van der Waals surface area contributed by atoms with E-state index in [9.17, 15) is 4.79 Å². The summed E-state index contributed by atoms with van der Waals surface area (Å²) in [6.45, 7) is 4.25. The number of nitrogens with two attached hydrogens (primary N) is 1. The van der Waals surface area contributed by atoms with Gasteiger partial charge in [-0.05, 0) is 67.4 Å². The van der Waals surface area contributed by atoms with Gasteiger partial charge in [-0.15, -0.1) is 0 Å². The van der Waals surface area contributed by atoms with Crippen molar-refractivity contribution in [3.8, 4) is 11.4 Å². The summed E-state index contributed by atoms with van der Waals surface area (Å²) in [7, 11) is 0. The van der Waals surface area contributed by atoms with Crippen molar-refractivity contribution in [2.24, 2.45) is 0 Å². The molecular formula is C27H21N5O2. The van der Waals surface area contributed by atoms with Crippen molar-refractivity contribution in [2.45, 2.75) is 20.4 Å². The molecular weight excluding hydrogens is 426 g/mol. The van der Waals surface area contributed by atoms with Crippen molar-refractivity contribution in [3.63, 3.8) is 0 Å². The summed E-state index contributed by atoms with van der Waals surface area (Å²) in [6, 6.07) is 15.4. The Kier molecular flexibility index (Phi) is 4.45. The molecule has 166 valence electrons. The fourth-order valence-electron chi connectivity index (χ4n) is 4.63. The second-order valence-electron chi connectivity index (χ2n) is 8.46. The van der Waals surface area contributed by atoms with Crippen LogP contribution in [0.5, 0.6) is 0 Å². The number of anilines is 1. The Balaban J connectivity index is 1.33. The summed E-state index contributed by atoms with van der Waals surface area (Å²) in [6.07, 6.45) is 3.46. The summed E-state index contributed by atoms with van der Waals surface area (Å²) >= 11 is 0. The van der Waals surface area contributed by atoms with Gasteiger partial charge in [-0.2, -0.15) is 0 Å². The molecule has 4 heterocycles. The molecule has 0 fully saturated rings. The molecule has 2 bridgehead atoms. The Morgan fingerprint density at radius 2 is 1.65 bits per heavy atom. The van der Waals surface area contributed by atoms with Crippen LogP contribution in [0.25, 0.3) is 44.1 Å². The second-order valence-corrected chi connectivity index (χ2v) is 8.46. The van der Waals surface area contributed by atoms with Crippen LogP contribution in [0.15, 0.2) is 65.3 Å². The molecule has 7 heteroatoms. The molecule has 2 aromatic carbocycles. The second kappa shape index (κ2) is 7.52. The standard InChI is InChI=1S/C27H21N5O2/c1-14-10-23(28)32-15(2)22(14)13-31-27(33)17-5-7-19-21(12-17)25-18-6-4-16(11-20(18)24(19)34-25)26-29-8-3-9-30-26/h3-12H,13H2,1-2H3,(H2,28,32)(H,31,33). The van der Waals surface area contributed by atoms with E-state index in [0.717, 1.165) is 55.1 Å². The van der Waals surface area contributed by atoms with Crippen LogP contribution in [-0.2, 0) is 6.54 Å². The lowest BCUT2D eigenvalue weighted by molar-refractivity contribution is 0.0951. The van der Waals surface area contributed by atoms with Gasteiger partial charge in [-0.25, -0.2) is 15.0 Å². The summed E-state index contributed by atoms with van der Waals surface area (Å²) in [5.41, 5.74) is 11.7. The van der Waals surface area contributed by atoms with Crippen molar-refractivity contribution in [1.82, 2.24) is 20.3 Å². The number of amides is 1. The molecule has 0 saturated heterocycles. The van der Waals surface area contributed by atoms with Gasteiger partial charge in [0.2, 0.25) is 0 Å². The lowest BCUT2D eigenvalue weighted by Crippen LogP contribution is -2.24. The van der Waals surface area contributed by atoms with Crippen LogP contribution in [-0.4, -0.2) is 20.9 Å². The van der Waals surface area contributed by atoms with E-state index in [1.165, 1.54) is 0 Å². The quantitative estimate of drug-likeness (QED) is 0.362. The lowest BCUT2D eigenvalue weighted by Gasteiger charge is -2.11. The smallest absolute Gasteiger partial charge is 0.251 e. The van der Waals surface area contributed by atoms with Crippen molar-refractivity contribution < 1.29 is 9.21 Å². The maximum absolute atomic E-state index is 12.9. The number of aromatic nitrogens is 3. The Hall–Kier alpha value is -4.52. The number of nitrogen functional groups attached to an aromatic ring is 1. The Morgan fingerprint density at radius 3 is 2.38 bits per heavy atom. The van der Waals surface area contributed by atoms with Gasteiger partial charge in [0.15, 0.2) is 5.82 Å². The van der Waals surface area contributed by atoms with Gasteiger partial charge in [0, 0.05) is 57.3 Å². The van der Waals surface area contributed by atoms with Crippen LogP contribution >= 0.6 is 0 Å². The minimum Gasteiger partial charge on any atom is -0.455 e. The minimum absolute atomic E-state index is 0.149. The number of hydrogen-bond acceptors (Lipinski definition) is 6. The molecule has 34 heavy (non-hydrogen) atoms. The highest BCUT2D eigenvalue weighted by Crippen LogP contribution is 2.42. The monoisotopic (exact) mass is 447 g/mol. The van der Waals surface area contributed by atoms with E-state index in [2.05, 4.69) is 26.3 Å². The zero-order valence-electron chi connectivity index (χ0n) is 18.7. The number of benzene rings is 3. The molecule has 6 rings (SSSR count). The normalized spacial score (nSPS) is 11.6. The number of nitrogens with one attached hydrogen (secondary N) is 1. The Bertz CT molecular complexity index is 1680. The fraction of sp³-hybridized carbons (Fsp3) is 0.111. The van der Waals surface area contributed by atoms with E-state index in [1.54, 1.807) is 18.5 Å². The van der Waals surface area contributed by atoms with E-state index in [1.807, 2.05) is 50.2 Å². The maximum atomic E-state index is 12.9. The summed E-state index contributed by atoms with van der Waals surface area (Å²) < 4.78 is 6.15. The van der Waals surface area contributed by atoms with Gasteiger partial charge in [0.1, 0.15) is 17.0 Å². The van der Waals surface area contributed by atoms with E-state index < -0.39 is 0 Å². The maximum Gasteiger partial charge on any atom is 0.251 e. The van der Waals surface area contributed by atoms with Crippen LogP contribution in [0.1, 0.15) is 27.2 Å². The zero-order chi connectivity index (χ0) is 23.4.